The average molecular weight is 521 g/mol. The van der Waals surface area contributed by atoms with E-state index in [4.69, 9.17) is 49.4 Å². The Labute approximate surface area is 205 Å². The van der Waals surface area contributed by atoms with Crippen LogP contribution in [0, 0.1) is 0 Å². The van der Waals surface area contributed by atoms with Crippen molar-refractivity contribution in [1.29, 1.82) is 0 Å². The summed E-state index contributed by atoms with van der Waals surface area (Å²) in [6.45, 7) is 3.41. The van der Waals surface area contributed by atoms with Gasteiger partial charge in [0.15, 0.2) is 11.5 Å². The van der Waals surface area contributed by atoms with Crippen LogP contribution in [0.15, 0.2) is 30.3 Å². The molecule has 0 fully saturated rings. The number of methoxy groups -OCH3 is 1. The summed E-state index contributed by atoms with van der Waals surface area (Å²) in [5.41, 5.74) is 1.81. The van der Waals surface area contributed by atoms with Crippen LogP contribution < -0.4 is 20.1 Å². The SMILES string of the molecule is COc1cc(CNCCCNCCO)cc(Cl)c1OCc1ccc(Cl)cc1Cl.Cl.Cl. The van der Waals surface area contributed by atoms with E-state index in [-0.39, 0.29) is 38.0 Å². The van der Waals surface area contributed by atoms with Gasteiger partial charge in [-0.25, -0.2) is 0 Å². The fraction of sp³-hybridized carbons (Fsp3) is 0.400. The van der Waals surface area contributed by atoms with Gasteiger partial charge in [0.1, 0.15) is 6.61 Å². The summed E-state index contributed by atoms with van der Waals surface area (Å²) in [5, 5.41) is 16.8. The van der Waals surface area contributed by atoms with Crippen molar-refractivity contribution >= 4 is 59.6 Å². The first-order valence-corrected chi connectivity index (χ1v) is 10.1. The molecule has 0 spiro atoms. The fourth-order valence-corrected chi connectivity index (χ4v) is 3.33. The Morgan fingerprint density at radius 3 is 2.33 bits per heavy atom. The summed E-state index contributed by atoms with van der Waals surface area (Å²) in [7, 11) is 1.58. The predicted molar refractivity (Wildman–Crippen MR) is 130 cm³/mol. The Morgan fingerprint density at radius 2 is 1.67 bits per heavy atom. The Hall–Kier alpha value is -0.630. The largest absolute Gasteiger partial charge is 0.493 e. The van der Waals surface area contributed by atoms with Crippen LogP contribution in [-0.4, -0.2) is 38.5 Å². The van der Waals surface area contributed by atoms with Crippen molar-refractivity contribution in [3.8, 4) is 11.5 Å². The van der Waals surface area contributed by atoms with Gasteiger partial charge in [0.2, 0.25) is 0 Å². The standard InChI is InChI=1S/C20H25Cl3N2O3.2ClH/c1-27-19-10-14(12-25-6-2-5-24-7-8-26)9-18(23)20(19)28-13-15-3-4-16(21)11-17(15)22;;/h3-4,9-11,24-26H,2,5-8,12-13H2,1H3;2*1H. The summed E-state index contributed by atoms with van der Waals surface area (Å²) in [4.78, 5) is 0. The van der Waals surface area contributed by atoms with E-state index in [0.717, 1.165) is 30.6 Å². The maximum Gasteiger partial charge on any atom is 0.180 e. The van der Waals surface area contributed by atoms with Crippen LogP contribution in [0.1, 0.15) is 17.5 Å². The molecule has 0 radical (unpaired) electrons. The Kier molecular flexibility index (Phi) is 15.7. The van der Waals surface area contributed by atoms with Crippen molar-refractivity contribution in [2.75, 3.05) is 33.4 Å². The molecule has 0 aliphatic heterocycles. The number of benzene rings is 2. The van der Waals surface area contributed by atoms with E-state index in [1.807, 2.05) is 18.2 Å². The molecule has 10 heteroatoms. The predicted octanol–water partition coefficient (Wildman–Crippen LogP) is 5.14. The Balaban J connectivity index is 0.00000420. The lowest BCUT2D eigenvalue weighted by Gasteiger charge is -2.15. The highest BCUT2D eigenvalue weighted by Gasteiger charge is 2.13. The molecule has 3 N–H and O–H groups in total. The van der Waals surface area contributed by atoms with Gasteiger partial charge in [-0.15, -0.1) is 24.8 Å². The topological polar surface area (TPSA) is 62.8 Å². The number of nitrogens with one attached hydrogen (secondary N) is 2. The first-order chi connectivity index (χ1) is 13.5. The molecule has 0 saturated carbocycles. The van der Waals surface area contributed by atoms with E-state index >= 15 is 0 Å². The first-order valence-electron chi connectivity index (χ1n) is 9.00. The van der Waals surface area contributed by atoms with Crippen molar-refractivity contribution in [3.63, 3.8) is 0 Å². The second-order valence-corrected chi connectivity index (χ2v) is 7.39. The van der Waals surface area contributed by atoms with Crippen molar-refractivity contribution in [3.05, 3.63) is 56.5 Å². The number of halogens is 5. The molecule has 170 valence electrons. The third-order valence-corrected chi connectivity index (χ3v) is 4.87. The van der Waals surface area contributed by atoms with Gasteiger partial charge in [-0.1, -0.05) is 40.9 Å². The molecule has 0 aliphatic carbocycles. The second kappa shape index (κ2) is 16.1. The van der Waals surface area contributed by atoms with E-state index in [1.165, 1.54) is 0 Å². The maximum atomic E-state index is 8.72. The van der Waals surface area contributed by atoms with E-state index < -0.39 is 0 Å². The Morgan fingerprint density at radius 1 is 0.933 bits per heavy atom. The summed E-state index contributed by atoms with van der Waals surface area (Å²) in [6, 6.07) is 9.02. The zero-order valence-corrected chi connectivity index (χ0v) is 20.5. The van der Waals surface area contributed by atoms with Crippen molar-refractivity contribution < 1.29 is 14.6 Å². The molecule has 5 nitrogen and oxygen atoms in total. The van der Waals surface area contributed by atoms with Gasteiger partial charge in [0, 0.05) is 28.7 Å². The minimum absolute atomic E-state index is 0. The lowest BCUT2D eigenvalue weighted by Crippen LogP contribution is -2.23. The number of hydrogen-bond donors (Lipinski definition) is 3. The van der Waals surface area contributed by atoms with Gasteiger partial charge in [0.05, 0.1) is 18.7 Å². The van der Waals surface area contributed by atoms with Gasteiger partial charge in [-0.05, 0) is 49.3 Å². The highest BCUT2D eigenvalue weighted by Crippen LogP contribution is 2.37. The normalized spacial score (nSPS) is 10.2. The molecule has 0 aliphatic rings. The summed E-state index contributed by atoms with van der Waals surface area (Å²) in [6.07, 6.45) is 0.966. The molecule has 0 bridgehead atoms. The zero-order valence-electron chi connectivity index (χ0n) is 16.6. The Bertz CT molecular complexity index is 765. The van der Waals surface area contributed by atoms with Crippen molar-refractivity contribution in [2.24, 2.45) is 0 Å². The average Bonchev–Trinajstić information content (AvgIpc) is 2.67. The maximum absolute atomic E-state index is 8.72. The molecule has 2 aromatic rings. The lowest BCUT2D eigenvalue weighted by atomic mass is 10.2. The van der Waals surface area contributed by atoms with Crippen LogP contribution in [0.3, 0.4) is 0 Å². The third kappa shape index (κ3) is 9.67. The van der Waals surface area contributed by atoms with E-state index in [9.17, 15) is 0 Å². The van der Waals surface area contributed by atoms with Gasteiger partial charge >= 0.3 is 0 Å². The van der Waals surface area contributed by atoms with Crippen molar-refractivity contribution in [2.45, 2.75) is 19.6 Å². The minimum Gasteiger partial charge on any atom is -0.493 e. The second-order valence-electron chi connectivity index (χ2n) is 6.14. The summed E-state index contributed by atoms with van der Waals surface area (Å²) < 4.78 is 11.3. The number of rotatable bonds is 12. The molecule has 0 atom stereocenters. The van der Waals surface area contributed by atoms with E-state index in [1.54, 1.807) is 19.2 Å². The minimum atomic E-state index is 0. The highest BCUT2D eigenvalue weighted by atomic mass is 35.5. The van der Waals surface area contributed by atoms with Gasteiger partial charge < -0.3 is 25.2 Å². The molecule has 0 unspecified atom stereocenters. The molecular weight excluding hydrogens is 493 g/mol. The van der Waals surface area contributed by atoms with Crippen LogP contribution in [-0.2, 0) is 13.2 Å². The number of ether oxygens (including phenoxy) is 2. The highest BCUT2D eigenvalue weighted by molar-refractivity contribution is 6.35. The van der Waals surface area contributed by atoms with Gasteiger partial charge in [-0.2, -0.15) is 0 Å². The van der Waals surface area contributed by atoms with Crippen LogP contribution in [0.2, 0.25) is 15.1 Å². The van der Waals surface area contributed by atoms with E-state index in [0.29, 0.717) is 39.7 Å². The smallest absolute Gasteiger partial charge is 0.180 e. The molecule has 0 heterocycles. The lowest BCUT2D eigenvalue weighted by molar-refractivity contribution is 0.284. The van der Waals surface area contributed by atoms with Crippen LogP contribution in [0.4, 0.5) is 0 Å². The van der Waals surface area contributed by atoms with Gasteiger partial charge in [-0.3, -0.25) is 0 Å². The molecule has 0 aromatic heterocycles. The molecular formula is C20H27Cl5N2O3. The van der Waals surface area contributed by atoms with E-state index in [2.05, 4.69) is 10.6 Å². The number of hydrogen-bond acceptors (Lipinski definition) is 5. The fourth-order valence-electron chi connectivity index (χ4n) is 2.58. The molecule has 2 aromatic carbocycles. The molecule has 0 saturated heterocycles. The molecule has 0 amide bonds. The molecule has 30 heavy (non-hydrogen) atoms. The molecule has 2 rings (SSSR count). The van der Waals surface area contributed by atoms with Crippen LogP contribution >= 0.6 is 59.6 Å². The number of aliphatic hydroxyl groups excluding tert-OH is 1. The third-order valence-electron chi connectivity index (χ3n) is 4.00. The summed E-state index contributed by atoms with van der Waals surface area (Å²) >= 11 is 18.5. The van der Waals surface area contributed by atoms with Gasteiger partial charge in [0.25, 0.3) is 0 Å². The quantitative estimate of drug-likeness (QED) is 0.338. The van der Waals surface area contributed by atoms with Crippen molar-refractivity contribution in [1.82, 2.24) is 10.6 Å². The van der Waals surface area contributed by atoms with Crippen LogP contribution in [0.5, 0.6) is 11.5 Å². The monoisotopic (exact) mass is 518 g/mol. The summed E-state index contributed by atoms with van der Waals surface area (Å²) in [5.74, 6) is 1.05. The zero-order chi connectivity index (χ0) is 20.4. The first kappa shape index (κ1) is 29.4. The van der Waals surface area contributed by atoms with Crippen LogP contribution in [0.25, 0.3) is 0 Å². The number of aliphatic hydroxyl groups is 1.